The summed E-state index contributed by atoms with van der Waals surface area (Å²) >= 11 is 3.55. The first kappa shape index (κ1) is 15.1. The number of alkyl halides is 1. The van der Waals surface area contributed by atoms with E-state index < -0.39 is 0 Å². The molecule has 20 heavy (non-hydrogen) atoms. The Balaban J connectivity index is 2.08. The van der Waals surface area contributed by atoms with Crippen LogP contribution in [0.3, 0.4) is 0 Å². The molecule has 0 aliphatic heterocycles. The first-order valence-electron chi connectivity index (χ1n) is 6.97. The maximum absolute atomic E-state index is 12.2. The summed E-state index contributed by atoms with van der Waals surface area (Å²) in [5.41, 5.74) is 0.859. The number of para-hydroxylation sites is 1. The minimum Gasteiger partial charge on any atom is -0.451 e. The van der Waals surface area contributed by atoms with E-state index in [9.17, 15) is 4.79 Å². The Morgan fingerprint density at radius 2 is 2.00 bits per heavy atom. The maximum atomic E-state index is 12.2. The SMILES string of the molecule is CCC(CC)(CBr)CNC(=O)c1cc2ccccc2o1. The van der Waals surface area contributed by atoms with E-state index >= 15 is 0 Å². The van der Waals surface area contributed by atoms with Gasteiger partial charge in [-0.2, -0.15) is 0 Å². The van der Waals surface area contributed by atoms with Crippen molar-refractivity contribution in [1.82, 2.24) is 5.32 Å². The fourth-order valence-electron chi connectivity index (χ4n) is 2.18. The Labute approximate surface area is 127 Å². The number of fused-ring (bicyclic) bond motifs is 1. The molecule has 0 atom stereocenters. The van der Waals surface area contributed by atoms with E-state index in [1.54, 1.807) is 6.07 Å². The molecule has 4 heteroatoms. The first-order chi connectivity index (χ1) is 9.64. The molecule has 1 N–H and O–H groups in total. The molecule has 0 spiro atoms. The second-order valence-corrected chi connectivity index (χ2v) is 5.73. The Morgan fingerprint density at radius 3 is 2.60 bits per heavy atom. The molecule has 0 saturated heterocycles. The number of carbonyl (C=O) groups excluding carboxylic acids is 1. The van der Waals surface area contributed by atoms with Crippen LogP contribution in [0.5, 0.6) is 0 Å². The second kappa shape index (κ2) is 6.44. The third-order valence-electron chi connectivity index (χ3n) is 4.06. The molecule has 1 heterocycles. The van der Waals surface area contributed by atoms with Crippen LogP contribution in [0, 0.1) is 5.41 Å². The van der Waals surface area contributed by atoms with Crippen LogP contribution in [0.4, 0.5) is 0 Å². The van der Waals surface area contributed by atoms with Crippen molar-refractivity contribution >= 4 is 32.8 Å². The Morgan fingerprint density at radius 1 is 1.30 bits per heavy atom. The molecule has 2 rings (SSSR count). The van der Waals surface area contributed by atoms with Gasteiger partial charge in [0.2, 0.25) is 0 Å². The van der Waals surface area contributed by atoms with Gasteiger partial charge in [0.05, 0.1) is 0 Å². The van der Waals surface area contributed by atoms with Gasteiger partial charge in [-0.05, 0) is 30.4 Å². The normalized spacial score (nSPS) is 11.8. The summed E-state index contributed by atoms with van der Waals surface area (Å²) in [5, 5.41) is 4.83. The van der Waals surface area contributed by atoms with Crippen LogP contribution >= 0.6 is 15.9 Å². The minimum absolute atomic E-state index is 0.113. The van der Waals surface area contributed by atoms with E-state index in [1.165, 1.54) is 0 Å². The molecule has 108 valence electrons. The Kier molecular flexibility index (Phi) is 4.86. The van der Waals surface area contributed by atoms with E-state index in [2.05, 4.69) is 35.1 Å². The van der Waals surface area contributed by atoms with Crippen LogP contribution < -0.4 is 5.32 Å². The molecule has 0 aliphatic carbocycles. The number of halogens is 1. The number of hydrogen-bond donors (Lipinski definition) is 1. The van der Waals surface area contributed by atoms with Crippen molar-refractivity contribution in [2.24, 2.45) is 5.41 Å². The van der Waals surface area contributed by atoms with Gasteiger partial charge < -0.3 is 9.73 Å². The molecule has 1 aromatic heterocycles. The van der Waals surface area contributed by atoms with Gasteiger partial charge >= 0.3 is 0 Å². The molecule has 0 radical (unpaired) electrons. The van der Waals surface area contributed by atoms with Crippen LogP contribution in [-0.4, -0.2) is 17.8 Å². The highest BCUT2D eigenvalue weighted by atomic mass is 79.9. The molecule has 0 bridgehead atoms. The lowest BCUT2D eigenvalue weighted by molar-refractivity contribution is 0.0906. The lowest BCUT2D eigenvalue weighted by atomic mass is 9.84. The number of hydrogen-bond acceptors (Lipinski definition) is 2. The van der Waals surface area contributed by atoms with E-state index in [0.29, 0.717) is 12.3 Å². The van der Waals surface area contributed by atoms with E-state index in [-0.39, 0.29) is 11.3 Å². The molecule has 3 nitrogen and oxygen atoms in total. The summed E-state index contributed by atoms with van der Waals surface area (Å²) in [7, 11) is 0. The molecular weight excluding hydrogens is 318 g/mol. The lowest BCUT2D eigenvalue weighted by Gasteiger charge is -2.29. The van der Waals surface area contributed by atoms with Gasteiger partial charge in [-0.1, -0.05) is 48.0 Å². The molecule has 1 aromatic carbocycles. The largest absolute Gasteiger partial charge is 0.451 e. The van der Waals surface area contributed by atoms with Gasteiger partial charge in [-0.15, -0.1) is 0 Å². The van der Waals surface area contributed by atoms with Crippen molar-refractivity contribution in [1.29, 1.82) is 0 Å². The number of benzene rings is 1. The van der Waals surface area contributed by atoms with Gasteiger partial charge in [0, 0.05) is 17.3 Å². The average Bonchev–Trinajstić information content (AvgIpc) is 2.93. The number of carbonyl (C=O) groups is 1. The van der Waals surface area contributed by atoms with Gasteiger partial charge in [0.25, 0.3) is 5.91 Å². The van der Waals surface area contributed by atoms with Crippen molar-refractivity contribution in [2.75, 3.05) is 11.9 Å². The van der Waals surface area contributed by atoms with E-state index in [1.807, 2.05) is 24.3 Å². The summed E-state index contributed by atoms with van der Waals surface area (Å²) in [6.07, 6.45) is 2.05. The van der Waals surface area contributed by atoms with E-state index in [4.69, 9.17) is 4.42 Å². The second-order valence-electron chi connectivity index (χ2n) is 5.17. The highest BCUT2D eigenvalue weighted by molar-refractivity contribution is 9.09. The van der Waals surface area contributed by atoms with Crippen LogP contribution in [0.15, 0.2) is 34.7 Å². The van der Waals surface area contributed by atoms with Crippen molar-refractivity contribution in [3.8, 4) is 0 Å². The monoisotopic (exact) mass is 337 g/mol. The van der Waals surface area contributed by atoms with Crippen LogP contribution in [0.25, 0.3) is 11.0 Å². The highest BCUT2D eigenvalue weighted by Gasteiger charge is 2.26. The third-order valence-corrected chi connectivity index (χ3v) is 5.25. The topological polar surface area (TPSA) is 42.2 Å². The molecule has 2 aromatic rings. The van der Waals surface area contributed by atoms with E-state index in [0.717, 1.165) is 29.1 Å². The molecule has 1 amide bonds. The fourth-order valence-corrected chi connectivity index (χ4v) is 3.18. The summed E-state index contributed by atoms with van der Waals surface area (Å²) in [5.74, 6) is 0.232. The molecule has 0 unspecified atom stereocenters. The Hall–Kier alpha value is -1.29. The quantitative estimate of drug-likeness (QED) is 0.795. The van der Waals surface area contributed by atoms with Gasteiger partial charge in [-0.3, -0.25) is 4.79 Å². The average molecular weight is 338 g/mol. The zero-order valence-corrected chi connectivity index (χ0v) is 13.5. The zero-order valence-electron chi connectivity index (χ0n) is 11.9. The summed E-state index contributed by atoms with van der Waals surface area (Å²) in [6, 6.07) is 9.43. The number of furan rings is 1. The van der Waals surface area contributed by atoms with Crippen LogP contribution in [0.2, 0.25) is 0 Å². The molecule has 0 fully saturated rings. The first-order valence-corrected chi connectivity index (χ1v) is 8.09. The molecule has 0 saturated carbocycles. The van der Waals surface area contributed by atoms with Crippen molar-refractivity contribution < 1.29 is 9.21 Å². The van der Waals surface area contributed by atoms with Crippen molar-refractivity contribution in [3.63, 3.8) is 0 Å². The van der Waals surface area contributed by atoms with Gasteiger partial charge in [-0.25, -0.2) is 0 Å². The number of rotatable bonds is 6. The zero-order chi connectivity index (χ0) is 14.6. The minimum atomic E-state index is -0.145. The standard InChI is InChI=1S/C16H20BrNO2/c1-3-16(4-2,10-17)11-18-15(19)14-9-12-7-5-6-8-13(12)20-14/h5-9H,3-4,10-11H2,1-2H3,(H,18,19). The van der Waals surface area contributed by atoms with Gasteiger partial charge in [0.1, 0.15) is 5.58 Å². The summed E-state index contributed by atoms with van der Waals surface area (Å²) < 4.78 is 5.57. The predicted octanol–water partition coefficient (Wildman–Crippen LogP) is 4.36. The highest BCUT2D eigenvalue weighted by Crippen LogP contribution is 2.28. The van der Waals surface area contributed by atoms with Gasteiger partial charge in [0.15, 0.2) is 5.76 Å². The maximum Gasteiger partial charge on any atom is 0.287 e. The summed E-state index contributed by atoms with van der Waals surface area (Å²) in [6.45, 7) is 4.96. The predicted molar refractivity (Wildman–Crippen MR) is 85.4 cm³/mol. The molecular formula is C16H20BrNO2. The molecule has 0 aliphatic rings. The Bertz CT molecular complexity index is 546. The lowest BCUT2D eigenvalue weighted by Crippen LogP contribution is -2.38. The fraction of sp³-hybridized carbons (Fsp3) is 0.438. The van der Waals surface area contributed by atoms with Crippen molar-refractivity contribution in [2.45, 2.75) is 26.7 Å². The third kappa shape index (κ3) is 3.06. The summed E-state index contributed by atoms with van der Waals surface area (Å²) in [4.78, 5) is 12.2. The number of amides is 1. The smallest absolute Gasteiger partial charge is 0.287 e. The number of nitrogens with one attached hydrogen (secondary N) is 1. The van der Waals surface area contributed by atoms with Crippen LogP contribution in [0.1, 0.15) is 37.2 Å². The van der Waals surface area contributed by atoms with Crippen LogP contribution in [-0.2, 0) is 0 Å². The van der Waals surface area contributed by atoms with Crippen molar-refractivity contribution in [3.05, 3.63) is 36.1 Å².